The molecule has 33 heavy (non-hydrogen) atoms. The summed E-state index contributed by atoms with van der Waals surface area (Å²) < 4.78 is 3.20. The lowest BCUT2D eigenvalue weighted by molar-refractivity contribution is -0.119. The van der Waals surface area contributed by atoms with Crippen LogP contribution in [0.15, 0.2) is 30.7 Å². The van der Waals surface area contributed by atoms with Gasteiger partial charge in [-0.15, -0.1) is 5.10 Å². The van der Waals surface area contributed by atoms with Crippen molar-refractivity contribution in [3.63, 3.8) is 0 Å². The number of aromatic nitrogens is 6. The first-order valence-electron chi connectivity index (χ1n) is 11.2. The van der Waals surface area contributed by atoms with Gasteiger partial charge in [0.15, 0.2) is 0 Å². The minimum absolute atomic E-state index is 0.0581. The molecule has 0 aromatic carbocycles. The summed E-state index contributed by atoms with van der Waals surface area (Å²) in [4.78, 5) is 30.5. The van der Waals surface area contributed by atoms with Crippen LogP contribution in [0, 0.1) is 18.8 Å². The number of nitrogens with one attached hydrogen (secondary N) is 2. The molecule has 0 aliphatic heterocycles. The number of hydrogen-bond acceptors (Lipinski definition) is 6. The number of carbonyl (C=O) groups excluding carboxylic acids is 2. The monoisotopic (exact) mass is 450 g/mol. The Hall–Kier alpha value is -3.56. The van der Waals surface area contributed by atoms with Crippen molar-refractivity contribution in [2.24, 2.45) is 25.9 Å². The van der Waals surface area contributed by atoms with Gasteiger partial charge in [-0.05, 0) is 49.3 Å². The molecule has 0 bridgehead atoms. The number of aryl methyl sites for hydroxylation is 3. The fourth-order valence-electron chi connectivity index (χ4n) is 4.50. The topological polar surface area (TPSA) is 120 Å². The molecule has 2 N–H and O–H groups in total. The number of nitrogens with zero attached hydrogens (tertiary/aromatic N) is 6. The van der Waals surface area contributed by atoms with E-state index in [0.29, 0.717) is 17.4 Å². The maximum atomic E-state index is 13.3. The lowest BCUT2D eigenvalue weighted by Crippen LogP contribution is -2.49. The van der Waals surface area contributed by atoms with Crippen LogP contribution in [0.3, 0.4) is 0 Å². The van der Waals surface area contributed by atoms with E-state index in [1.165, 1.54) is 10.9 Å². The fraction of sp³-hybridized carbons (Fsp3) is 0.478. The average Bonchev–Trinajstić information content (AvgIpc) is 3.38. The summed E-state index contributed by atoms with van der Waals surface area (Å²) in [6.45, 7) is 4.22. The zero-order chi connectivity index (χ0) is 23.5. The lowest BCUT2D eigenvalue weighted by Gasteiger charge is -2.32. The summed E-state index contributed by atoms with van der Waals surface area (Å²) in [6, 6.07) is 3.01. The molecule has 4 rings (SSSR count). The summed E-state index contributed by atoms with van der Waals surface area (Å²) in [5.41, 5.74) is 3.26. The molecule has 1 aliphatic carbocycles. The molecule has 10 heteroatoms. The Bertz CT molecular complexity index is 1110. The number of amides is 2. The smallest absolute Gasteiger partial charge is 0.271 e. The molecule has 0 radical (unpaired) electrons. The van der Waals surface area contributed by atoms with Crippen LogP contribution in [0.1, 0.15) is 48.7 Å². The van der Waals surface area contributed by atoms with Crippen molar-refractivity contribution < 1.29 is 9.59 Å². The van der Waals surface area contributed by atoms with Gasteiger partial charge in [0.25, 0.3) is 5.91 Å². The van der Waals surface area contributed by atoms with Gasteiger partial charge in [0.1, 0.15) is 17.6 Å². The van der Waals surface area contributed by atoms with Gasteiger partial charge >= 0.3 is 0 Å². The number of carbonyl (C=O) groups is 2. The molecular formula is C23H30N8O2. The van der Waals surface area contributed by atoms with Crippen LogP contribution in [-0.2, 0) is 18.9 Å². The first-order valence-corrected chi connectivity index (χ1v) is 11.2. The number of rotatable bonds is 6. The number of anilines is 1. The summed E-state index contributed by atoms with van der Waals surface area (Å²) in [7, 11) is 3.53. The van der Waals surface area contributed by atoms with E-state index in [4.69, 9.17) is 0 Å². The summed E-state index contributed by atoms with van der Waals surface area (Å²) in [5, 5.41) is 17.7. The molecule has 10 nitrogen and oxygen atoms in total. The van der Waals surface area contributed by atoms with E-state index in [0.717, 1.165) is 42.5 Å². The molecule has 3 heterocycles. The predicted octanol–water partition coefficient (Wildman–Crippen LogP) is 2.48. The molecule has 2 amide bonds. The Labute approximate surface area is 192 Å². The third-order valence-corrected chi connectivity index (χ3v) is 6.46. The Morgan fingerprint density at radius 1 is 1.06 bits per heavy atom. The van der Waals surface area contributed by atoms with Gasteiger partial charge < -0.3 is 10.6 Å². The Morgan fingerprint density at radius 2 is 1.82 bits per heavy atom. The second-order valence-electron chi connectivity index (χ2n) is 8.94. The standard InChI is InChI=1S/C23H30N8O2/c1-14-5-7-16(8-6-14)20(28-22(32)18-13-25-29-30(18)3)23(33)27-19-10-9-17(12-24-19)21-15(2)11-26-31(21)4/h9-14,16,20H,5-8H2,1-4H3,(H,28,32)(H,24,27,33)/t14?,16?,20-/m0/s1. The fourth-order valence-corrected chi connectivity index (χ4v) is 4.50. The van der Waals surface area contributed by atoms with E-state index in [-0.39, 0.29) is 17.7 Å². The van der Waals surface area contributed by atoms with E-state index >= 15 is 0 Å². The van der Waals surface area contributed by atoms with Gasteiger partial charge in [0.2, 0.25) is 5.91 Å². The summed E-state index contributed by atoms with van der Waals surface area (Å²) in [6.07, 6.45) is 8.76. The summed E-state index contributed by atoms with van der Waals surface area (Å²) in [5.74, 6) is 0.495. The van der Waals surface area contributed by atoms with Crippen molar-refractivity contribution in [3.05, 3.63) is 42.0 Å². The zero-order valence-corrected chi connectivity index (χ0v) is 19.4. The van der Waals surface area contributed by atoms with E-state index in [2.05, 4.69) is 38.0 Å². The van der Waals surface area contributed by atoms with Gasteiger partial charge in [0.05, 0.1) is 18.1 Å². The van der Waals surface area contributed by atoms with E-state index < -0.39 is 6.04 Å². The minimum Gasteiger partial charge on any atom is -0.339 e. The van der Waals surface area contributed by atoms with Crippen LogP contribution in [0.25, 0.3) is 11.3 Å². The van der Waals surface area contributed by atoms with Crippen LogP contribution >= 0.6 is 0 Å². The second-order valence-corrected chi connectivity index (χ2v) is 8.94. The highest BCUT2D eigenvalue weighted by molar-refractivity contribution is 6.00. The van der Waals surface area contributed by atoms with Gasteiger partial charge in [-0.3, -0.25) is 14.3 Å². The highest BCUT2D eigenvalue weighted by Gasteiger charge is 2.33. The Kier molecular flexibility index (Phi) is 6.52. The number of hydrogen-bond donors (Lipinski definition) is 2. The Morgan fingerprint density at radius 3 is 2.39 bits per heavy atom. The number of pyridine rings is 1. The SMILES string of the molecule is Cc1cnn(C)c1-c1ccc(NC(=O)[C@@H](NC(=O)c2cnnn2C)C2CCC(C)CC2)nc1. The summed E-state index contributed by atoms with van der Waals surface area (Å²) >= 11 is 0. The molecule has 3 aromatic heterocycles. The van der Waals surface area contributed by atoms with Crippen molar-refractivity contribution >= 4 is 17.6 Å². The molecule has 1 saturated carbocycles. The second kappa shape index (κ2) is 9.51. The van der Waals surface area contributed by atoms with Gasteiger partial charge in [-0.1, -0.05) is 25.0 Å². The molecule has 3 aromatic rings. The molecule has 174 valence electrons. The molecule has 0 saturated heterocycles. The highest BCUT2D eigenvalue weighted by atomic mass is 16.2. The van der Waals surface area contributed by atoms with Crippen LogP contribution in [0.4, 0.5) is 5.82 Å². The lowest BCUT2D eigenvalue weighted by atomic mass is 9.79. The van der Waals surface area contributed by atoms with Crippen LogP contribution in [0.2, 0.25) is 0 Å². The normalized spacial score (nSPS) is 19.2. The van der Waals surface area contributed by atoms with Crippen LogP contribution in [-0.4, -0.2) is 47.6 Å². The van der Waals surface area contributed by atoms with Gasteiger partial charge in [0, 0.05) is 25.9 Å². The van der Waals surface area contributed by atoms with Gasteiger partial charge in [-0.2, -0.15) is 5.10 Å². The molecule has 0 spiro atoms. The Balaban J connectivity index is 1.51. The van der Waals surface area contributed by atoms with Crippen LogP contribution < -0.4 is 10.6 Å². The molecule has 1 atom stereocenters. The van der Waals surface area contributed by atoms with Crippen molar-refractivity contribution in [1.29, 1.82) is 0 Å². The molecule has 1 fully saturated rings. The first kappa shape index (κ1) is 22.6. The third kappa shape index (κ3) is 4.94. The quantitative estimate of drug-likeness (QED) is 0.595. The first-order chi connectivity index (χ1) is 15.8. The largest absolute Gasteiger partial charge is 0.339 e. The average molecular weight is 451 g/mol. The zero-order valence-electron chi connectivity index (χ0n) is 19.4. The van der Waals surface area contributed by atoms with Crippen molar-refractivity contribution in [2.75, 3.05) is 5.32 Å². The minimum atomic E-state index is -0.666. The van der Waals surface area contributed by atoms with Crippen molar-refractivity contribution in [1.82, 2.24) is 35.1 Å². The highest BCUT2D eigenvalue weighted by Crippen LogP contribution is 2.31. The van der Waals surface area contributed by atoms with Crippen molar-refractivity contribution in [2.45, 2.75) is 45.6 Å². The van der Waals surface area contributed by atoms with E-state index in [9.17, 15) is 9.59 Å². The maximum Gasteiger partial charge on any atom is 0.271 e. The van der Waals surface area contributed by atoms with Crippen LogP contribution in [0.5, 0.6) is 0 Å². The van der Waals surface area contributed by atoms with E-state index in [1.54, 1.807) is 30.2 Å². The maximum absolute atomic E-state index is 13.3. The molecular weight excluding hydrogens is 420 g/mol. The van der Waals surface area contributed by atoms with E-state index in [1.807, 2.05) is 20.0 Å². The van der Waals surface area contributed by atoms with Gasteiger partial charge in [-0.25, -0.2) is 9.67 Å². The predicted molar refractivity (Wildman–Crippen MR) is 123 cm³/mol. The molecule has 1 aliphatic rings. The van der Waals surface area contributed by atoms with Crippen molar-refractivity contribution in [3.8, 4) is 11.3 Å². The third-order valence-electron chi connectivity index (χ3n) is 6.46. The molecule has 0 unspecified atom stereocenters.